The molecule has 0 fully saturated rings. The Hall–Kier alpha value is -1.55. The van der Waals surface area contributed by atoms with Gasteiger partial charge < -0.3 is 15.2 Å². The summed E-state index contributed by atoms with van der Waals surface area (Å²) in [5.74, 6) is 0.499. The van der Waals surface area contributed by atoms with Crippen LogP contribution in [0.4, 0.5) is 0 Å². The first kappa shape index (κ1) is 14.5. The molecule has 2 N–H and O–H groups in total. The maximum absolute atomic E-state index is 12.0. The number of benzene rings is 1. The van der Waals surface area contributed by atoms with Crippen LogP contribution in [0.3, 0.4) is 0 Å². The van der Waals surface area contributed by atoms with Crippen molar-refractivity contribution in [1.29, 1.82) is 0 Å². The summed E-state index contributed by atoms with van der Waals surface area (Å²) in [7, 11) is 0. The van der Waals surface area contributed by atoms with Gasteiger partial charge in [-0.25, -0.2) is 0 Å². The van der Waals surface area contributed by atoms with E-state index in [4.69, 9.17) is 9.84 Å². The van der Waals surface area contributed by atoms with Crippen LogP contribution in [0.1, 0.15) is 26.7 Å². The van der Waals surface area contributed by atoms with E-state index in [0.29, 0.717) is 18.6 Å². The molecule has 100 valence electrons. The van der Waals surface area contributed by atoms with E-state index >= 15 is 0 Å². The highest BCUT2D eigenvalue weighted by Gasteiger charge is 2.20. The number of ether oxygens (including phenoxy) is 1. The topological polar surface area (TPSA) is 58.6 Å². The first-order valence-electron chi connectivity index (χ1n) is 6.34. The van der Waals surface area contributed by atoms with Gasteiger partial charge in [0.1, 0.15) is 5.75 Å². The number of nitrogens with one attached hydrogen (secondary N) is 1. The Kier molecular flexibility index (Phi) is 6.22. The van der Waals surface area contributed by atoms with Crippen LogP contribution in [-0.2, 0) is 4.79 Å². The van der Waals surface area contributed by atoms with Crippen molar-refractivity contribution >= 4 is 5.91 Å². The van der Waals surface area contributed by atoms with E-state index in [1.165, 1.54) is 0 Å². The third kappa shape index (κ3) is 4.37. The monoisotopic (exact) mass is 251 g/mol. The van der Waals surface area contributed by atoms with E-state index in [1.54, 1.807) is 0 Å². The van der Waals surface area contributed by atoms with Gasteiger partial charge in [-0.3, -0.25) is 4.79 Å². The standard InChI is InChI=1S/C14H21NO3/c1-3-11(10-16)15-14(17)13(4-2)18-12-8-6-5-7-9-12/h5-9,11,13,16H,3-4,10H2,1-2H3,(H,15,17). The molecule has 4 heteroatoms. The van der Waals surface area contributed by atoms with Crippen LogP contribution >= 0.6 is 0 Å². The van der Waals surface area contributed by atoms with Gasteiger partial charge in [0, 0.05) is 0 Å². The predicted molar refractivity (Wildman–Crippen MR) is 70.5 cm³/mol. The van der Waals surface area contributed by atoms with E-state index in [-0.39, 0.29) is 18.6 Å². The van der Waals surface area contributed by atoms with Gasteiger partial charge in [0.25, 0.3) is 5.91 Å². The lowest BCUT2D eigenvalue weighted by molar-refractivity contribution is -0.129. The Balaban J connectivity index is 2.58. The van der Waals surface area contributed by atoms with Crippen molar-refractivity contribution in [2.24, 2.45) is 0 Å². The molecular weight excluding hydrogens is 230 g/mol. The molecule has 1 amide bonds. The number of rotatable bonds is 7. The zero-order valence-electron chi connectivity index (χ0n) is 10.9. The van der Waals surface area contributed by atoms with Crippen LogP contribution < -0.4 is 10.1 Å². The lowest BCUT2D eigenvalue weighted by Gasteiger charge is -2.20. The van der Waals surface area contributed by atoms with Crippen LogP contribution in [0.25, 0.3) is 0 Å². The Labute approximate surface area is 108 Å². The number of carbonyl (C=O) groups excluding carboxylic acids is 1. The van der Waals surface area contributed by atoms with Gasteiger partial charge in [-0.05, 0) is 25.0 Å². The number of para-hydroxylation sites is 1. The number of aliphatic hydroxyl groups excluding tert-OH is 1. The second-order valence-corrected chi connectivity index (χ2v) is 4.12. The predicted octanol–water partition coefficient (Wildman–Crippen LogP) is 1.73. The second kappa shape index (κ2) is 7.71. The van der Waals surface area contributed by atoms with Crippen molar-refractivity contribution < 1.29 is 14.6 Å². The summed E-state index contributed by atoms with van der Waals surface area (Å²) < 4.78 is 5.62. The Morgan fingerprint density at radius 3 is 2.44 bits per heavy atom. The largest absolute Gasteiger partial charge is 0.481 e. The molecule has 18 heavy (non-hydrogen) atoms. The fourth-order valence-corrected chi connectivity index (χ4v) is 1.56. The minimum atomic E-state index is -0.520. The van der Waals surface area contributed by atoms with E-state index in [1.807, 2.05) is 44.2 Å². The average molecular weight is 251 g/mol. The Morgan fingerprint density at radius 1 is 1.28 bits per heavy atom. The maximum atomic E-state index is 12.0. The number of aliphatic hydroxyl groups is 1. The molecule has 1 aromatic carbocycles. The SMILES string of the molecule is CCC(CO)NC(=O)C(CC)Oc1ccccc1. The minimum Gasteiger partial charge on any atom is -0.481 e. The molecule has 4 nitrogen and oxygen atoms in total. The summed E-state index contributed by atoms with van der Waals surface area (Å²) in [4.78, 5) is 12.0. The smallest absolute Gasteiger partial charge is 0.261 e. The van der Waals surface area contributed by atoms with Crippen molar-refractivity contribution in [2.75, 3.05) is 6.61 Å². The van der Waals surface area contributed by atoms with Crippen molar-refractivity contribution in [1.82, 2.24) is 5.32 Å². The van der Waals surface area contributed by atoms with Gasteiger partial charge in [0.2, 0.25) is 0 Å². The Morgan fingerprint density at radius 2 is 1.94 bits per heavy atom. The summed E-state index contributed by atoms with van der Waals surface area (Å²) >= 11 is 0. The van der Waals surface area contributed by atoms with Gasteiger partial charge >= 0.3 is 0 Å². The molecule has 0 aliphatic carbocycles. The molecule has 0 spiro atoms. The van der Waals surface area contributed by atoms with Crippen molar-refractivity contribution in [3.05, 3.63) is 30.3 Å². The average Bonchev–Trinajstić information content (AvgIpc) is 2.43. The first-order chi connectivity index (χ1) is 8.71. The third-order valence-electron chi connectivity index (χ3n) is 2.74. The second-order valence-electron chi connectivity index (χ2n) is 4.12. The van der Waals surface area contributed by atoms with Gasteiger partial charge in [-0.2, -0.15) is 0 Å². The molecule has 0 aliphatic rings. The highest BCUT2D eigenvalue weighted by molar-refractivity contribution is 5.81. The quantitative estimate of drug-likeness (QED) is 0.776. The summed E-state index contributed by atoms with van der Waals surface area (Å²) in [6.07, 6.45) is 0.764. The van der Waals surface area contributed by atoms with E-state index < -0.39 is 6.10 Å². The van der Waals surface area contributed by atoms with Crippen LogP contribution in [0.5, 0.6) is 5.75 Å². The molecule has 2 atom stereocenters. The van der Waals surface area contributed by atoms with Crippen LogP contribution in [-0.4, -0.2) is 29.8 Å². The molecule has 0 radical (unpaired) electrons. The van der Waals surface area contributed by atoms with Crippen LogP contribution in [0.15, 0.2) is 30.3 Å². The molecule has 1 rings (SSSR count). The molecule has 0 aromatic heterocycles. The minimum absolute atomic E-state index is 0.0516. The van der Waals surface area contributed by atoms with Gasteiger partial charge in [0.15, 0.2) is 6.10 Å². The molecule has 1 aromatic rings. The highest BCUT2D eigenvalue weighted by atomic mass is 16.5. The van der Waals surface area contributed by atoms with Crippen LogP contribution in [0.2, 0.25) is 0 Å². The fraction of sp³-hybridized carbons (Fsp3) is 0.500. The van der Waals surface area contributed by atoms with Gasteiger partial charge in [0.05, 0.1) is 12.6 Å². The lowest BCUT2D eigenvalue weighted by atomic mass is 10.2. The first-order valence-corrected chi connectivity index (χ1v) is 6.34. The maximum Gasteiger partial charge on any atom is 0.261 e. The molecule has 2 unspecified atom stereocenters. The van der Waals surface area contributed by atoms with E-state index in [9.17, 15) is 4.79 Å². The van der Waals surface area contributed by atoms with Gasteiger partial charge in [-0.1, -0.05) is 32.0 Å². The van der Waals surface area contributed by atoms with Gasteiger partial charge in [-0.15, -0.1) is 0 Å². The summed E-state index contributed by atoms with van der Waals surface area (Å²) in [5, 5.41) is 11.8. The zero-order valence-corrected chi connectivity index (χ0v) is 10.9. The van der Waals surface area contributed by atoms with Crippen molar-refractivity contribution in [2.45, 2.75) is 38.8 Å². The summed E-state index contributed by atoms with van der Waals surface area (Å²) in [6.45, 7) is 3.76. The number of amides is 1. The molecule has 0 aliphatic heterocycles. The highest BCUT2D eigenvalue weighted by Crippen LogP contribution is 2.12. The number of carbonyl (C=O) groups is 1. The lowest BCUT2D eigenvalue weighted by Crippen LogP contribution is -2.44. The van der Waals surface area contributed by atoms with Crippen molar-refractivity contribution in [3.63, 3.8) is 0 Å². The molecule has 0 bridgehead atoms. The molecule has 0 saturated heterocycles. The fourth-order valence-electron chi connectivity index (χ4n) is 1.56. The summed E-state index contributed by atoms with van der Waals surface area (Å²) in [5.41, 5.74) is 0. The molecular formula is C14H21NO3. The third-order valence-corrected chi connectivity index (χ3v) is 2.74. The Bertz CT molecular complexity index is 349. The van der Waals surface area contributed by atoms with E-state index in [0.717, 1.165) is 0 Å². The van der Waals surface area contributed by atoms with Crippen molar-refractivity contribution in [3.8, 4) is 5.75 Å². The summed E-state index contributed by atoms with van der Waals surface area (Å²) in [6, 6.07) is 9.06. The number of hydrogen-bond acceptors (Lipinski definition) is 3. The van der Waals surface area contributed by atoms with E-state index in [2.05, 4.69) is 5.32 Å². The van der Waals surface area contributed by atoms with Crippen LogP contribution in [0, 0.1) is 0 Å². The zero-order chi connectivity index (χ0) is 13.4. The normalized spacial score (nSPS) is 13.7. The molecule has 0 saturated carbocycles. The molecule has 0 heterocycles. The number of hydrogen-bond donors (Lipinski definition) is 2.